The summed E-state index contributed by atoms with van der Waals surface area (Å²) in [4.78, 5) is 28.6. The molecule has 0 aromatic heterocycles. The third kappa shape index (κ3) is 8.52. The Labute approximate surface area is 256 Å². The van der Waals surface area contributed by atoms with Crippen LogP contribution in [0.3, 0.4) is 0 Å². The number of halogens is 3. The third-order valence-electron chi connectivity index (χ3n) is 7.22. The van der Waals surface area contributed by atoms with Gasteiger partial charge in [0.2, 0.25) is 11.8 Å². The molecule has 0 saturated heterocycles. The number of aryl methyl sites for hydroxylation is 1. The highest BCUT2D eigenvalue weighted by Gasteiger charge is 2.36. The Kier molecular flexibility index (Phi) is 11.4. The van der Waals surface area contributed by atoms with Crippen molar-refractivity contribution in [2.24, 2.45) is 0 Å². The molecule has 0 aliphatic carbocycles. The quantitative estimate of drug-likeness (QED) is 0.252. The number of sulfonamides is 1. The minimum atomic E-state index is -4.75. The Bertz CT molecular complexity index is 1550. The first-order valence-electron chi connectivity index (χ1n) is 14.2. The van der Waals surface area contributed by atoms with Gasteiger partial charge in [-0.3, -0.25) is 13.9 Å². The summed E-state index contributed by atoms with van der Waals surface area (Å²) in [5.74, 6) is -0.684. The van der Waals surface area contributed by atoms with Gasteiger partial charge in [-0.2, -0.15) is 13.2 Å². The van der Waals surface area contributed by atoms with Gasteiger partial charge in [0, 0.05) is 12.6 Å². The fourth-order valence-electron chi connectivity index (χ4n) is 4.53. The van der Waals surface area contributed by atoms with Crippen molar-refractivity contribution >= 4 is 27.5 Å². The lowest BCUT2D eigenvalue weighted by Crippen LogP contribution is -2.53. The molecule has 0 fully saturated rings. The van der Waals surface area contributed by atoms with E-state index in [9.17, 15) is 31.2 Å². The van der Waals surface area contributed by atoms with Crippen LogP contribution in [0.5, 0.6) is 5.75 Å². The smallest absolute Gasteiger partial charge is 0.416 e. The summed E-state index contributed by atoms with van der Waals surface area (Å²) in [6.45, 7) is 6.27. The van der Waals surface area contributed by atoms with E-state index in [1.165, 1.54) is 30.2 Å². The second kappa shape index (κ2) is 14.6. The van der Waals surface area contributed by atoms with E-state index < -0.39 is 46.2 Å². The van der Waals surface area contributed by atoms with E-state index in [-0.39, 0.29) is 29.6 Å². The van der Waals surface area contributed by atoms with Crippen LogP contribution < -0.4 is 14.4 Å². The number of ether oxygens (including phenoxy) is 1. The van der Waals surface area contributed by atoms with Gasteiger partial charge in [-0.15, -0.1) is 0 Å². The van der Waals surface area contributed by atoms with Gasteiger partial charge in [0.1, 0.15) is 18.3 Å². The molecule has 1 N–H and O–H groups in total. The van der Waals surface area contributed by atoms with Crippen LogP contribution in [-0.2, 0) is 32.3 Å². The predicted octanol–water partition coefficient (Wildman–Crippen LogP) is 5.94. The van der Waals surface area contributed by atoms with Crippen LogP contribution in [0, 0.1) is 6.92 Å². The number of hydrogen-bond donors (Lipinski definition) is 1. The van der Waals surface area contributed by atoms with E-state index >= 15 is 0 Å². The number of nitrogens with zero attached hydrogens (tertiary/aromatic N) is 2. The summed E-state index contributed by atoms with van der Waals surface area (Å²) in [6.07, 6.45) is -3.91. The molecular formula is C32H38F3N3O5S. The summed E-state index contributed by atoms with van der Waals surface area (Å²) < 4.78 is 74.8. The first kappa shape index (κ1) is 34.4. The standard InChI is InChI=1S/C32H38F3N3O5S/c1-6-23(4)36-31(40)29(7-2)37(20-24-10-8-13-27(18-24)43-5)30(39)21-38(26-12-9-11-25(19-26)32(33,34)35)44(41,42)28-16-14-22(3)15-17-28/h8-19,23,29H,6-7,20-21H2,1-5H3,(H,36,40)/t23-,29-/m0/s1. The van der Waals surface area contributed by atoms with E-state index in [0.717, 1.165) is 17.7 Å². The summed E-state index contributed by atoms with van der Waals surface area (Å²) in [5.41, 5.74) is -0.0286. The van der Waals surface area contributed by atoms with Crippen LogP contribution in [0.25, 0.3) is 0 Å². The molecule has 0 unspecified atom stereocenters. The molecule has 2 amide bonds. The number of rotatable bonds is 13. The second-order valence-corrected chi connectivity index (χ2v) is 12.4. The van der Waals surface area contributed by atoms with Crippen LogP contribution >= 0.6 is 0 Å². The van der Waals surface area contributed by atoms with E-state index in [0.29, 0.717) is 28.1 Å². The van der Waals surface area contributed by atoms with Crippen LogP contribution in [-0.4, -0.2) is 50.9 Å². The average molecular weight is 634 g/mol. The van der Waals surface area contributed by atoms with Gasteiger partial charge >= 0.3 is 6.18 Å². The number of anilines is 1. The molecule has 2 atom stereocenters. The Morgan fingerprint density at radius 2 is 1.61 bits per heavy atom. The maximum absolute atomic E-state index is 14.1. The molecule has 3 aromatic rings. The van der Waals surface area contributed by atoms with Crippen molar-refractivity contribution in [2.75, 3.05) is 18.0 Å². The normalized spacial score (nSPS) is 13.1. The molecule has 3 aromatic carbocycles. The van der Waals surface area contributed by atoms with Crippen molar-refractivity contribution < 1.29 is 35.9 Å². The van der Waals surface area contributed by atoms with E-state index in [4.69, 9.17) is 4.74 Å². The van der Waals surface area contributed by atoms with E-state index in [1.807, 2.05) is 13.8 Å². The summed E-state index contributed by atoms with van der Waals surface area (Å²) in [7, 11) is -3.04. The van der Waals surface area contributed by atoms with Gasteiger partial charge in [-0.25, -0.2) is 8.42 Å². The molecule has 0 radical (unpaired) electrons. The maximum atomic E-state index is 14.1. The number of hydrogen-bond acceptors (Lipinski definition) is 5. The highest BCUT2D eigenvalue weighted by molar-refractivity contribution is 7.92. The van der Waals surface area contributed by atoms with Crippen LogP contribution in [0.2, 0.25) is 0 Å². The Hall–Kier alpha value is -4.06. The molecule has 0 bridgehead atoms. The molecule has 44 heavy (non-hydrogen) atoms. The average Bonchev–Trinajstić information content (AvgIpc) is 2.99. The van der Waals surface area contributed by atoms with Crippen molar-refractivity contribution in [1.82, 2.24) is 10.2 Å². The number of carbonyl (C=O) groups excluding carboxylic acids is 2. The fourth-order valence-corrected chi connectivity index (χ4v) is 5.94. The molecule has 8 nitrogen and oxygen atoms in total. The Morgan fingerprint density at radius 1 is 0.955 bits per heavy atom. The van der Waals surface area contributed by atoms with Crippen LogP contribution in [0.4, 0.5) is 18.9 Å². The van der Waals surface area contributed by atoms with E-state index in [2.05, 4.69) is 5.32 Å². The van der Waals surface area contributed by atoms with Crippen molar-refractivity contribution in [3.8, 4) is 5.75 Å². The molecule has 3 rings (SSSR count). The van der Waals surface area contributed by atoms with Gasteiger partial charge in [0.25, 0.3) is 10.0 Å². The van der Waals surface area contributed by atoms with Gasteiger partial charge in [-0.1, -0.05) is 49.7 Å². The number of carbonyl (C=O) groups is 2. The maximum Gasteiger partial charge on any atom is 0.416 e. The topological polar surface area (TPSA) is 96.0 Å². The molecule has 238 valence electrons. The molecule has 0 spiro atoms. The zero-order valence-corrected chi connectivity index (χ0v) is 26.2. The fraction of sp³-hybridized carbons (Fsp3) is 0.375. The van der Waals surface area contributed by atoms with Crippen molar-refractivity contribution in [2.45, 2.75) is 70.2 Å². The highest BCUT2D eigenvalue weighted by atomic mass is 32.2. The summed E-state index contributed by atoms with van der Waals surface area (Å²) >= 11 is 0. The van der Waals surface area contributed by atoms with Crippen molar-refractivity contribution in [3.63, 3.8) is 0 Å². The minimum absolute atomic E-state index is 0.0799. The largest absolute Gasteiger partial charge is 0.497 e. The lowest BCUT2D eigenvalue weighted by atomic mass is 10.1. The number of benzene rings is 3. The third-order valence-corrected chi connectivity index (χ3v) is 9.01. The Morgan fingerprint density at radius 3 is 2.20 bits per heavy atom. The number of methoxy groups -OCH3 is 1. The summed E-state index contributed by atoms with van der Waals surface area (Å²) in [6, 6.07) is 15.3. The van der Waals surface area contributed by atoms with Crippen LogP contribution in [0.15, 0.2) is 77.7 Å². The van der Waals surface area contributed by atoms with Gasteiger partial charge in [0.15, 0.2) is 0 Å². The molecule has 0 saturated carbocycles. The second-order valence-electron chi connectivity index (χ2n) is 10.5. The Balaban J connectivity index is 2.13. The first-order valence-corrected chi connectivity index (χ1v) is 15.6. The molecular weight excluding hydrogens is 595 g/mol. The van der Waals surface area contributed by atoms with Gasteiger partial charge in [-0.05, 0) is 74.7 Å². The monoisotopic (exact) mass is 633 g/mol. The van der Waals surface area contributed by atoms with Crippen LogP contribution in [0.1, 0.15) is 50.3 Å². The highest BCUT2D eigenvalue weighted by Crippen LogP contribution is 2.33. The zero-order chi connectivity index (χ0) is 32.7. The van der Waals surface area contributed by atoms with Gasteiger partial charge < -0.3 is 15.0 Å². The predicted molar refractivity (Wildman–Crippen MR) is 163 cm³/mol. The molecule has 0 aliphatic rings. The SMILES string of the molecule is CC[C@H](C)NC(=O)[C@H](CC)N(Cc1cccc(OC)c1)C(=O)CN(c1cccc(C(F)(F)F)c1)S(=O)(=O)c1ccc(C)cc1. The lowest BCUT2D eigenvalue weighted by Gasteiger charge is -2.34. The summed E-state index contributed by atoms with van der Waals surface area (Å²) in [5, 5.41) is 2.88. The van der Waals surface area contributed by atoms with Crippen molar-refractivity contribution in [3.05, 3.63) is 89.5 Å². The molecule has 12 heteroatoms. The lowest BCUT2D eigenvalue weighted by molar-refractivity contribution is -0.140. The minimum Gasteiger partial charge on any atom is -0.497 e. The number of nitrogens with one attached hydrogen (secondary N) is 1. The van der Waals surface area contributed by atoms with E-state index in [1.54, 1.807) is 50.2 Å². The first-order chi connectivity index (χ1) is 20.7. The zero-order valence-electron chi connectivity index (χ0n) is 25.4. The number of amides is 2. The van der Waals surface area contributed by atoms with Crippen molar-refractivity contribution in [1.29, 1.82) is 0 Å². The molecule has 0 heterocycles. The van der Waals surface area contributed by atoms with Gasteiger partial charge in [0.05, 0.1) is 23.3 Å². The molecule has 0 aliphatic heterocycles. The number of alkyl halides is 3.